The molecule has 1 aromatic heterocycles. The first-order valence-corrected chi connectivity index (χ1v) is 9.28. The predicted octanol–water partition coefficient (Wildman–Crippen LogP) is 3.18. The van der Waals surface area contributed by atoms with E-state index in [0.717, 1.165) is 19.3 Å². The lowest BCUT2D eigenvalue weighted by atomic mass is 10.00. The van der Waals surface area contributed by atoms with E-state index in [9.17, 15) is 9.18 Å². The molecule has 2 atom stereocenters. The zero-order valence-corrected chi connectivity index (χ0v) is 15.0. The standard InChI is InChI=1S/C20H24FN3O2/c1-14-3-6-17(11-18(14)21)24(12-15-4-5-15)20(25)19-16(7-10-26-19)13-23-9-2-8-22-23/h2-3,6,8-9,11,15-16,19H,4-5,7,10,12-13H2,1H3/t16-,19-/m1/s1. The first-order valence-electron chi connectivity index (χ1n) is 9.28. The number of hydrogen-bond donors (Lipinski definition) is 0. The zero-order chi connectivity index (χ0) is 18.1. The lowest BCUT2D eigenvalue weighted by Crippen LogP contribution is -2.43. The molecule has 2 heterocycles. The van der Waals surface area contributed by atoms with Gasteiger partial charge < -0.3 is 9.64 Å². The van der Waals surface area contributed by atoms with E-state index >= 15 is 0 Å². The fourth-order valence-corrected chi connectivity index (χ4v) is 3.53. The van der Waals surface area contributed by atoms with Gasteiger partial charge in [0.25, 0.3) is 5.91 Å². The number of aryl methyl sites for hydroxylation is 1. The molecule has 1 saturated carbocycles. The minimum absolute atomic E-state index is 0.0604. The second-order valence-corrected chi connectivity index (χ2v) is 7.39. The number of amides is 1. The number of anilines is 1. The molecule has 1 amide bonds. The Balaban J connectivity index is 1.55. The van der Waals surface area contributed by atoms with Gasteiger partial charge in [0.2, 0.25) is 0 Å². The molecule has 1 aromatic carbocycles. The van der Waals surface area contributed by atoms with Crippen LogP contribution in [0.4, 0.5) is 10.1 Å². The Kier molecular flexibility index (Phi) is 4.76. The summed E-state index contributed by atoms with van der Waals surface area (Å²) in [6.07, 6.45) is 6.22. The number of nitrogens with zero attached hydrogens (tertiary/aromatic N) is 3. The van der Waals surface area contributed by atoms with Crippen molar-refractivity contribution in [1.82, 2.24) is 9.78 Å². The molecular formula is C20H24FN3O2. The summed E-state index contributed by atoms with van der Waals surface area (Å²) in [7, 11) is 0. The third-order valence-corrected chi connectivity index (χ3v) is 5.31. The van der Waals surface area contributed by atoms with E-state index in [-0.39, 0.29) is 17.6 Å². The van der Waals surface area contributed by atoms with Gasteiger partial charge in [-0.3, -0.25) is 9.48 Å². The molecule has 0 unspecified atom stereocenters. The van der Waals surface area contributed by atoms with Crippen molar-refractivity contribution in [3.8, 4) is 0 Å². The predicted molar refractivity (Wildman–Crippen MR) is 96.3 cm³/mol. The molecule has 0 spiro atoms. The fraction of sp³-hybridized carbons (Fsp3) is 0.500. The maximum absolute atomic E-state index is 14.1. The Morgan fingerprint density at radius 1 is 1.38 bits per heavy atom. The van der Waals surface area contributed by atoms with E-state index in [4.69, 9.17) is 4.74 Å². The molecular weight excluding hydrogens is 333 g/mol. The van der Waals surface area contributed by atoms with Gasteiger partial charge in [-0.1, -0.05) is 6.07 Å². The van der Waals surface area contributed by atoms with Gasteiger partial charge >= 0.3 is 0 Å². The molecule has 1 saturated heterocycles. The Morgan fingerprint density at radius 2 is 2.23 bits per heavy atom. The summed E-state index contributed by atoms with van der Waals surface area (Å²) in [4.78, 5) is 15.0. The first kappa shape index (κ1) is 17.2. The van der Waals surface area contributed by atoms with Crippen LogP contribution in [0.3, 0.4) is 0 Å². The molecule has 2 aliphatic rings. The van der Waals surface area contributed by atoms with E-state index in [2.05, 4.69) is 5.10 Å². The van der Waals surface area contributed by atoms with Crippen LogP contribution in [0.25, 0.3) is 0 Å². The number of rotatable bonds is 6. The third kappa shape index (κ3) is 3.65. The average molecular weight is 357 g/mol. The summed E-state index contributed by atoms with van der Waals surface area (Å²) in [6.45, 7) is 3.59. The maximum atomic E-state index is 14.1. The summed E-state index contributed by atoms with van der Waals surface area (Å²) in [5, 5.41) is 4.24. The summed E-state index contributed by atoms with van der Waals surface area (Å²) >= 11 is 0. The van der Waals surface area contributed by atoms with E-state index < -0.39 is 6.10 Å². The number of carbonyl (C=O) groups is 1. The van der Waals surface area contributed by atoms with Crippen LogP contribution < -0.4 is 4.90 Å². The van der Waals surface area contributed by atoms with Gasteiger partial charge in [0.1, 0.15) is 11.9 Å². The van der Waals surface area contributed by atoms with Gasteiger partial charge in [-0.25, -0.2) is 4.39 Å². The normalized spacial score (nSPS) is 22.5. The van der Waals surface area contributed by atoms with Gasteiger partial charge in [0, 0.05) is 43.7 Å². The smallest absolute Gasteiger partial charge is 0.256 e. The van der Waals surface area contributed by atoms with Crippen molar-refractivity contribution in [3.05, 3.63) is 48.0 Å². The second kappa shape index (κ2) is 7.19. The number of aromatic nitrogens is 2. The van der Waals surface area contributed by atoms with Crippen LogP contribution in [0.5, 0.6) is 0 Å². The fourth-order valence-electron chi connectivity index (χ4n) is 3.53. The minimum Gasteiger partial charge on any atom is -0.368 e. The molecule has 0 radical (unpaired) electrons. The van der Waals surface area contributed by atoms with Gasteiger partial charge in [-0.15, -0.1) is 0 Å². The average Bonchev–Trinajstić information content (AvgIpc) is 3.10. The quantitative estimate of drug-likeness (QED) is 0.798. The topological polar surface area (TPSA) is 47.4 Å². The molecule has 5 nitrogen and oxygen atoms in total. The van der Waals surface area contributed by atoms with Gasteiger partial charge in [-0.2, -0.15) is 5.10 Å². The molecule has 26 heavy (non-hydrogen) atoms. The van der Waals surface area contributed by atoms with Crippen LogP contribution in [0, 0.1) is 24.6 Å². The van der Waals surface area contributed by atoms with E-state index in [1.54, 1.807) is 24.1 Å². The highest BCUT2D eigenvalue weighted by Crippen LogP contribution is 2.34. The summed E-state index contributed by atoms with van der Waals surface area (Å²) in [5.41, 5.74) is 1.21. The SMILES string of the molecule is Cc1ccc(N(CC2CC2)C(=O)[C@@H]2OCC[C@@H]2Cn2cccn2)cc1F. The van der Waals surface area contributed by atoms with Crippen LogP contribution >= 0.6 is 0 Å². The van der Waals surface area contributed by atoms with Crippen LogP contribution in [0.2, 0.25) is 0 Å². The van der Waals surface area contributed by atoms with Gasteiger partial charge in [0.15, 0.2) is 0 Å². The van der Waals surface area contributed by atoms with Gasteiger partial charge in [0.05, 0.1) is 0 Å². The van der Waals surface area contributed by atoms with Crippen molar-refractivity contribution in [3.63, 3.8) is 0 Å². The van der Waals surface area contributed by atoms with Crippen LogP contribution in [0.1, 0.15) is 24.8 Å². The van der Waals surface area contributed by atoms with Crippen LogP contribution in [0.15, 0.2) is 36.7 Å². The summed E-state index contributed by atoms with van der Waals surface area (Å²) in [5.74, 6) is 0.250. The molecule has 1 aliphatic carbocycles. The highest BCUT2D eigenvalue weighted by atomic mass is 19.1. The molecule has 2 fully saturated rings. The van der Waals surface area contributed by atoms with E-state index in [1.165, 1.54) is 6.07 Å². The van der Waals surface area contributed by atoms with Crippen molar-refractivity contribution in [2.24, 2.45) is 11.8 Å². The molecule has 0 bridgehead atoms. The number of ether oxygens (including phenoxy) is 1. The Labute approximate surface area is 152 Å². The van der Waals surface area contributed by atoms with E-state index in [0.29, 0.717) is 36.9 Å². The lowest BCUT2D eigenvalue weighted by Gasteiger charge is -2.28. The van der Waals surface area contributed by atoms with E-state index in [1.807, 2.05) is 23.0 Å². The summed E-state index contributed by atoms with van der Waals surface area (Å²) in [6, 6.07) is 6.90. The molecule has 138 valence electrons. The highest BCUT2D eigenvalue weighted by molar-refractivity contribution is 5.97. The highest BCUT2D eigenvalue weighted by Gasteiger charge is 2.39. The zero-order valence-electron chi connectivity index (χ0n) is 15.0. The Morgan fingerprint density at radius 3 is 2.92 bits per heavy atom. The molecule has 1 aliphatic heterocycles. The monoisotopic (exact) mass is 357 g/mol. The van der Waals surface area contributed by atoms with Crippen LogP contribution in [-0.2, 0) is 16.1 Å². The van der Waals surface area contributed by atoms with Crippen LogP contribution in [-0.4, -0.2) is 34.9 Å². The molecule has 4 rings (SSSR count). The number of hydrogen-bond acceptors (Lipinski definition) is 3. The lowest BCUT2D eigenvalue weighted by molar-refractivity contribution is -0.129. The largest absolute Gasteiger partial charge is 0.368 e. The third-order valence-electron chi connectivity index (χ3n) is 5.31. The van der Waals surface area contributed by atoms with Gasteiger partial charge in [-0.05, 0) is 55.9 Å². The minimum atomic E-state index is -0.498. The first-order chi connectivity index (χ1) is 12.6. The molecule has 6 heteroatoms. The van der Waals surface area contributed by atoms with Crippen molar-refractivity contribution < 1.29 is 13.9 Å². The molecule has 0 N–H and O–H groups in total. The van der Waals surface area contributed by atoms with Crippen molar-refractivity contribution in [2.45, 2.75) is 38.8 Å². The number of halogens is 1. The second-order valence-electron chi connectivity index (χ2n) is 7.39. The maximum Gasteiger partial charge on any atom is 0.256 e. The number of benzene rings is 1. The van der Waals surface area contributed by atoms with Crippen molar-refractivity contribution in [2.75, 3.05) is 18.1 Å². The van der Waals surface area contributed by atoms with Crippen molar-refractivity contribution >= 4 is 11.6 Å². The molecule has 2 aromatic rings. The number of carbonyl (C=O) groups excluding carboxylic acids is 1. The van der Waals surface area contributed by atoms with Crippen molar-refractivity contribution in [1.29, 1.82) is 0 Å². The Hall–Kier alpha value is -2.21. The summed E-state index contributed by atoms with van der Waals surface area (Å²) < 4.78 is 21.7. The Bertz CT molecular complexity index is 773.